The number of hydrogen-bond donors (Lipinski definition) is 0. The Morgan fingerprint density at radius 3 is 2.65 bits per heavy atom. The Kier molecular flexibility index (Phi) is 4.60. The molecule has 0 aliphatic heterocycles. The van der Waals surface area contributed by atoms with E-state index in [1.807, 2.05) is 0 Å². The van der Waals surface area contributed by atoms with Crippen LogP contribution in [0.5, 0.6) is 0 Å². The van der Waals surface area contributed by atoms with Gasteiger partial charge in [-0.05, 0) is 42.8 Å². The third-order valence-electron chi connectivity index (χ3n) is 2.60. The number of benzene rings is 1. The molecule has 0 fully saturated rings. The number of hydrogen-bond acceptors (Lipinski definition) is 3. The van der Waals surface area contributed by atoms with Gasteiger partial charge in [0, 0.05) is 6.20 Å². The van der Waals surface area contributed by atoms with Crippen LogP contribution in [0.1, 0.15) is 23.0 Å². The number of rotatable bonds is 4. The first-order valence-corrected chi connectivity index (χ1v) is 6.21. The topological polar surface area (TPSA) is 39.2 Å². The zero-order valence-electron chi connectivity index (χ0n) is 11.0. The molecule has 0 saturated heterocycles. The molecule has 0 bridgehead atoms. The fourth-order valence-corrected chi connectivity index (χ4v) is 1.57. The average molecular weight is 271 g/mol. The van der Waals surface area contributed by atoms with Gasteiger partial charge in [-0.15, -0.1) is 0 Å². The van der Waals surface area contributed by atoms with Crippen molar-refractivity contribution in [2.45, 2.75) is 13.0 Å². The molecule has 0 aliphatic rings. The van der Waals surface area contributed by atoms with Crippen LogP contribution in [0.15, 0.2) is 54.7 Å². The summed E-state index contributed by atoms with van der Waals surface area (Å²) in [7, 11) is 0. The summed E-state index contributed by atoms with van der Waals surface area (Å²) in [5.74, 6) is -0.751. The molecule has 1 heterocycles. The summed E-state index contributed by atoms with van der Waals surface area (Å²) in [6.07, 6.45) is 4.65. The third kappa shape index (κ3) is 4.02. The van der Waals surface area contributed by atoms with E-state index in [9.17, 15) is 9.18 Å². The van der Waals surface area contributed by atoms with Gasteiger partial charge in [-0.1, -0.05) is 24.3 Å². The summed E-state index contributed by atoms with van der Waals surface area (Å²) in [5, 5.41) is 0. The molecule has 4 heteroatoms. The van der Waals surface area contributed by atoms with E-state index in [0.29, 0.717) is 0 Å². The van der Waals surface area contributed by atoms with Crippen molar-refractivity contribution in [2.24, 2.45) is 0 Å². The van der Waals surface area contributed by atoms with Crippen LogP contribution in [-0.2, 0) is 4.74 Å². The number of nitrogens with zero attached hydrogens (tertiary/aromatic N) is 1. The van der Waals surface area contributed by atoms with Crippen LogP contribution in [0.3, 0.4) is 0 Å². The lowest BCUT2D eigenvalue weighted by Gasteiger charge is -2.08. The summed E-state index contributed by atoms with van der Waals surface area (Å²) in [5.41, 5.74) is 1.11. The van der Waals surface area contributed by atoms with Crippen LogP contribution >= 0.6 is 0 Å². The molecule has 1 aromatic heterocycles. The van der Waals surface area contributed by atoms with Gasteiger partial charge in [0.05, 0.1) is 0 Å². The molecule has 0 amide bonds. The zero-order chi connectivity index (χ0) is 14.4. The van der Waals surface area contributed by atoms with E-state index in [0.717, 1.165) is 5.56 Å². The van der Waals surface area contributed by atoms with E-state index in [-0.39, 0.29) is 11.5 Å². The highest BCUT2D eigenvalue weighted by Gasteiger charge is 2.10. The van der Waals surface area contributed by atoms with Gasteiger partial charge in [0.2, 0.25) is 0 Å². The Morgan fingerprint density at radius 2 is 2.00 bits per heavy atom. The van der Waals surface area contributed by atoms with Crippen molar-refractivity contribution in [3.8, 4) is 0 Å². The lowest BCUT2D eigenvalue weighted by atomic mass is 10.2. The van der Waals surface area contributed by atoms with Crippen LogP contribution in [0.2, 0.25) is 0 Å². The highest BCUT2D eigenvalue weighted by atomic mass is 19.1. The summed E-state index contributed by atoms with van der Waals surface area (Å²) in [4.78, 5) is 15.7. The molecule has 0 saturated carbocycles. The normalized spacial score (nSPS) is 12.3. The van der Waals surface area contributed by atoms with Crippen molar-refractivity contribution in [3.63, 3.8) is 0 Å². The minimum atomic E-state index is -0.471. The zero-order valence-corrected chi connectivity index (χ0v) is 11.0. The molecule has 0 N–H and O–H groups in total. The Hall–Kier alpha value is -2.49. The molecule has 0 spiro atoms. The number of aromatic nitrogens is 1. The summed E-state index contributed by atoms with van der Waals surface area (Å²) >= 11 is 0. The molecule has 2 rings (SSSR count). The van der Waals surface area contributed by atoms with Crippen LogP contribution < -0.4 is 0 Å². The molecule has 102 valence electrons. The number of esters is 1. The maximum Gasteiger partial charge on any atom is 0.357 e. The molecular weight excluding hydrogens is 257 g/mol. The van der Waals surface area contributed by atoms with E-state index in [4.69, 9.17) is 4.74 Å². The third-order valence-corrected chi connectivity index (χ3v) is 2.60. The first-order valence-electron chi connectivity index (χ1n) is 6.21. The second-order valence-corrected chi connectivity index (χ2v) is 4.24. The van der Waals surface area contributed by atoms with Crippen molar-refractivity contribution >= 4 is 12.0 Å². The lowest BCUT2D eigenvalue weighted by molar-refractivity contribution is 0.0419. The molecule has 1 atom stereocenters. The van der Waals surface area contributed by atoms with Gasteiger partial charge in [-0.25, -0.2) is 14.2 Å². The largest absolute Gasteiger partial charge is 0.454 e. The van der Waals surface area contributed by atoms with Crippen molar-refractivity contribution in [3.05, 3.63) is 71.8 Å². The summed E-state index contributed by atoms with van der Waals surface area (Å²) in [6, 6.07) is 11.1. The van der Waals surface area contributed by atoms with Crippen molar-refractivity contribution in [2.75, 3.05) is 0 Å². The molecular formula is C16H14FNO2. The van der Waals surface area contributed by atoms with Crippen molar-refractivity contribution in [1.29, 1.82) is 0 Å². The number of pyridine rings is 1. The Balaban J connectivity index is 1.94. The number of ether oxygens (including phenoxy) is 1. The van der Waals surface area contributed by atoms with Crippen LogP contribution in [0.25, 0.3) is 6.08 Å². The first-order chi connectivity index (χ1) is 9.65. The maximum atomic E-state index is 12.7. The van der Waals surface area contributed by atoms with Gasteiger partial charge in [0.25, 0.3) is 0 Å². The first kappa shape index (κ1) is 13.9. The number of halogens is 1. The van der Waals surface area contributed by atoms with Gasteiger partial charge in [0.15, 0.2) is 0 Å². The van der Waals surface area contributed by atoms with E-state index in [1.54, 1.807) is 49.4 Å². The highest BCUT2D eigenvalue weighted by molar-refractivity contribution is 5.87. The van der Waals surface area contributed by atoms with E-state index < -0.39 is 12.1 Å². The Labute approximate surface area is 116 Å². The smallest absolute Gasteiger partial charge is 0.357 e. The highest BCUT2D eigenvalue weighted by Crippen LogP contribution is 2.07. The Bertz CT molecular complexity index is 594. The quantitative estimate of drug-likeness (QED) is 0.799. The molecule has 20 heavy (non-hydrogen) atoms. The predicted octanol–water partition coefficient (Wildman–Crippen LogP) is 3.48. The minimum Gasteiger partial charge on any atom is -0.454 e. The molecule has 1 unspecified atom stereocenters. The van der Waals surface area contributed by atoms with Crippen LogP contribution in [0.4, 0.5) is 4.39 Å². The minimum absolute atomic E-state index is 0.273. The Morgan fingerprint density at radius 1 is 1.25 bits per heavy atom. The van der Waals surface area contributed by atoms with E-state index in [1.165, 1.54) is 18.3 Å². The van der Waals surface area contributed by atoms with E-state index >= 15 is 0 Å². The maximum absolute atomic E-state index is 12.7. The SMILES string of the molecule is CC(/C=C/c1ccc(F)cc1)OC(=O)c1ccccn1. The second kappa shape index (κ2) is 6.61. The molecule has 2 aromatic rings. The van der Waals surface area contributed by atoms with Gasteiger partial charge >= 0.3 is 5.97 Å². The van der Waals surface area contributed by atoms with Crippen molar-refractivity contribution < 1.29 is 13.9 Å². The monoisotopic (exact) mass is 271 g/mol. The van der Waals surface area contributed by atoms with Gasteiger partial charge in [-0.3, -0.25) is 0 Å². The molecule has 0 aliphatic carbocycles. The standard InChI is InChI=1S/C16H14FNO2/c1-12(5-6-13-7-9-14(17)10-8-13)20-16(19)15-4-2-3-11-18-15/h2-12H,1H3/b6-5+. The number of carbonyl (C=O) groups is 1. The molecule has 1 aromatic carbocycles. The van der Waals surface area contributed by atoms with Crippen LogP contribution in [0, 0.1) is 5.82 Å². The second-order valence-electron chi connectivity index (χ2n) is 4.24. The lowest BCUT2D eigenvalue weighted by Crippen LogP contribution is -2.13. The predicted molar refractivity (Wildman–Crippen MR) is 74.5 cm³/mol. The van der Waals surface area contributed by atoms with Crippen molar-refractivity contribution in [1.82, 2.24) is 4.98 Å². The fraction of sp³-hybridized carbons (Fsp3) is 0.125. The van der Waals surface area contributed by atoms with Crippen LogP contribution in [-0.4, -0.2) is 17.1 Å². The van der Waals surface area contributed by atoms with E-state index in [2.05, 4.69) is 4.98 Å². The summed E-state index contributed by atoms with van der Waals surface area (Å²) < 4.78 is 18.0. The average Bonchev–Trinajstić information content (AvgIpc) is 2.47. The van der Waals surface area contributed by atoms with Gasteiger partial charge in [-0.2, -0.15) is 0 Å². The summed E-state index contributed by atoms with van der Waals surface area (Å²) in [6.45, 7) is 1.75. The molecule has 0 radical (unpaired) electrons. The van der Waals surface area contributed by atoms with Gasteiger partial charge in [0.1, 0.15) is 17.6 Å². The van der Waals surface area contributed by atoms with Gasteiger partial charge < -0.3 is 4.74 Å². The molecule has 3 nitrogen and oxygen atoms in total. The number of carbonyl (C=O) groups excluding carboxylic acids is 1. The fourth-order valence-electron chi connectivity index (χ4n) is 1.57.